The highest BCUT2D eigenvalue weighted by molar-refractivity contribution is 7.93. The lowest BCUT2D eigenvalue weighted by Gasteiger charge is -2.20. The Bertz CT molecular complexity index is 1130. The SMILES string of the molecule is CCOc1ccc(N(C)S(=O)(=O)c2ccsc2C(=O)N[C@@H](C)CCc2ccccc2)cc1. The number of sulfonamides is 1. The summed E-state index contributed by atoms with van der Waals surface area (Å²) in [5, 5.41) is 4.56. The fourth-order valence-electron chi connectivity index (χ4n) is 3.26. The quantitative estimate of drug-likeness (QED) is 0.463. The maximum absolute atomic E-state index is 13.2. The van der Waals surface area contributed by atoms with Crippen molar-refractivity contribution in [1.29, 1.82) is 0 Å². The molecular formula is C24H28N2O4S2. The van der Waals surface area contributed by atoms with Crippen molar-refractivity contribution >= 4 is 33.0 Å². The number of rotatable bonds is 10. The fraction of sp³-hybridized carbons (Fsp3) is 0.292. The van der Waals surface area contributed by atoms with E-state index in [9.17, 15) is 13.2 Å². The van der Waals surface area contributed by atoms with Crippen molar-refractivity contribution in [1.82, 2.24) is 5.32 Å². The Kier molecular flexibility index (Phi) is 7.93. The summed E-state index contributed by atoms with van der Waals surface area (Å²) in [6, 6.07) is 18.2. The Morgan fingerprint density at radius 2 is 1.78 bits per heavy atom. The molecule has 1 aromatic heterocycles. The van der Waals surface area contributed by atoms with Crippen molar-refractivity contribution in [3.63, 3.8) is 0 Å². The fourth-order valence-corrected chi connectivity index (χ4v) is 5.76. The largest absolute Gasteiger partial charge is 0.494 e. The van der Waals surface area contributed by atoms with Gasteiger partial charge in [-0.2, -0.15) is 0 Å². The maximum atomic E-state index is 13.2. The van der Waals surface area contributed by atoms with Crippen LogP contribution >= 0.6 is 11.3 Å². The first-order valence-electron chi connectivity index (χ1n) is 10.5. The van der Waals surface area contributed by atoms with E-state index in [0.29, 0.717) is 18.0 Å². The Morgan fingerprint density at radius 1 is 1.09 bits per heavy atom. The molecule has 0 fully saturated rings. The normalized spacial score (nSPS) is 12.2. The van der Waals surface area contributed by atoms with E-state index in [2.05, 4.69) is 17.4 Å². The van der Waals surface area contributed by atoms with Crippen LogP contribution in [0.3, 0.4) is 0 Å². The number of carbonyl (C=O) groups excluding carboxylic acids is 1. The van der Waals surface area contributed by atoms with Gasteiger partial charge in [0.2, 0.25) is 0 Å². The molecule has 6 nitrogen and oxygen atoms in total. The van der Waals surface area contributed by atoms with Crippen molar-refractivity contribution in [2.75, 3.05) is 18.0 Å². The topological polar surface area (TPSA) is 75.7 Å². The van der Waals surface area contributed by atoms with Gasteiger partial charge < -0.3 is 10.1 Å². The van der Waals surface area contributed by atoms with Crippen LogP contribution in [0.25, 0.3) is 0 Å². The van der Waals surface area contributed by atoms with Crippen LogP contribution in [0, 0.1) is 0 Å². The van der Waals surface area contributed by atoms with Gasteiger partial charge in [0, 0.05) is 13.1 Å². The minimum Gasteiger partial charge on any atom is -0.494 e. The predicted molar refractivity (Wildman–Crippen MR) is 129 cm³/mol. The first-order valence-corrected chi connectivity index (χ1v) is 12.8. The molecule has 0 aliphatic rings. The standard InChI is InChI=1S/C24H28N2O4S2/c1-4-30-21-14-12-20(13-15-21)26(3)32(28,29)22-16-17-31-23(22)24(27)25-18(2)10-11-19-8-6-5-7-9-19/h5-9,12-18H,4,10-11H2,1-3H3,(H,25,27)/t18-/m0/s1. The second-order valence-corrected chi connectivity index (χ2v) is 10.3. The van der Waals surface area contributed by atoms with E-state index < -0.39 is 10.0 Å². The van der Waals surface area contributed by atoms with Gasteiger partial charge in [-0.1, -0.05) is 30.3 Å². The third-order valence-corrected chi connectivity index (χ3v) is 7.94. The molecule has 170 valence electrons. The predicted octanol–water partition coefficient (Wildman–Crippen LogP) is 4.72. The van der Waals surface area contributed by atoms with Gasteiger partial charge >= 0.3 is 0 Å². The molecule has 1 heterocycles. The number of aryl methyl sites for hydroxylation is 1. The van der Waals surface area contributed by atoms with E-state index >= 15 is 0 Å². The summed E-state index contributed by atoms with van der Waals surface area (Å²) in [6.07, 6.45) is 1.59. The molecule has 0 aliphatic carbocycles. The van der Waals surface area contributed by atoms with Crippen LogP contribution in [-0.4, -0.2) is 34.0 Å². The van der Waals surface area contributed by atoms with Crippen LogP contribution in [0.2, 0.25) is 0 Å². The second-order valence-electron chi connectivity index (χ2n) is 7.41. The van der Waals surface area contributed by atoms with Gasteiger partial charge in [0.05, 0.1) is 12.3 Å². The van der Waals surface area contributed by atoms with Crippen molar-refractivity contribution < 1.29 is 17.9 Å². The number of benzene rings is 2. The summed E-state index contributed by atoms with van der Waals surface area (Å²) in [5.74, 6) is 0.293. The first kappa shape index (κ1) is 23.8. The Labute approximate surface area is 193 Å². The monoisotopic (exact) mass is 472 g/mol. The van der Waals surface area contributed by atoms with Gasteiger partial charge in [-0.25, -0.2) is 8.42 Å². The highest BCUT2D eigenvalue weighted by Gasteiger charge is 2.28. The zero-order chi connectivity index (χ0) is 23.1. The van der Waals surface area contributed by atoms with Crippen molar-refractivity contribution in [3.8, 4) is 5.75 Å². The first-order chi connectivity index (χ1) is 15.3. The van der Waals surface area contributed by atoms with Crippen LogP contribution < -0.4 is 14.4 Å². The van der Waals surface area contributed by atoms with Crippen molar-refractivity contribution in [2.45, 2.75) is 37.6 Å². The van der Waals surface area contributed by atoms with E-state index in [-0.39, 0.29) is 21.7 Å². The lowest BCUT2D eigenvalue weighted by Crippen LogP contribution is -2.34. The van der Waals surface area contributed by atoms with Gasteiger partial charge in [0.1, 0.15) is 15.5 Å². The number of carbonyl (C=O) groups is 1. The molecule has 0 saturated carbocycles. The minimum absolute atomic E-state index is 0.00615. The van der Waals surface area contributed by atoms with Crippen molar-refractivity contribution in [2.24, 2.45) is 0 Å². The lowest BCUT2D eigenvalue weighted by atomic mass is 10.1. The summed E-state index contributed by atoms with van der Waals surface area (Å²) in [4.78, 5) is 13.1. The highest BCUT2D eigenvalue weighted by Crippen LogP contribution is 2.29. The van der Waals surface area contributed by atoms with Crippen LogP contribution in [-0.2, 0) is 16.4 Å². The third kappa shape index (κ3) is 5.69. The Hall–Kier alpha value is -2.84. The summed E-state index contributed by atoms with van der Waals surface area (Å²) < 4.78 is 33.1. The number of ether oxygens (including phenoxy) is 1. The van der Waals surface area contributed by atoms with E-state index in [0.717, 1.165) is 24.2 Å². The second kappa shape index (κ2) is 10.7. The minimum atomic E-state index is -3.90. The van der Waals surface area contributed by atoms with Gasteiger partial charge in [-0.15, -0.1) is 11.3 Å². The number of nitrogens with one attached hydrogen (secondary N) is 1. The van der Waals surface area contributed by atoms with Gasteiger partial charge in [-0.3, -0.25) is 9.10 Å². The molecule has 0 radical (unpaired) electrons. The molecule has 8 heteroatoms. The van der Waals surface area contributed by atoms with Crippen LogP contribution in [0.15, 0.2) is 70.9 Å². The van der Waals surface area contributed by atoms with Crippen LogP contribution in [0.4, 0.5) is 5.69 Å². The van der Waals surface area contributed by atoms with Crippen molar-refractivity contribution in [3.05, 3.63) is 76.5 Å². The number of nitrogens with zero attached hydrogens (tertiary/aromatic N) is 1. The average Bonchev–Trinajstić information content (AvgIpc) is 3.30. The zero-order valence-corrected chi connectivity index (χ0v) is 20.1. The van der Waals surface area contributed by atoms with Crippen LogP contribution in [0.1, 0.15) is 35.5 Å². The zero-order valence-electron chi connectivity index (χ0n) is 18.4. The van der Waals surface area contributed by atoms with E-state index in [1.165, 1.54) is 23.0 Å². The molecule has 0 spiro atoms. The highest BCUT2D eigenvalue weighted by atomic mass is 32.2. The Balaban J connectivity index is 1.70. The van der Waals surface area contributed by atoms with Gasteiger partial charge in [0.15, 0.2) is 0 Å². The van der Waals surface area contributed by atoms with E-state index in [1.807, 2.05) is 32.0 Å². The molecule has 1 amide bonds. The molecule has 32 heavy (non-hydrogen) atoms. The number of anilines is 1. The van der Waals surface area contributed by atoms with Crippen LogP contribution in [0.5, 0.6) is 5.75 Å². The van der Waals surface area contributed by atoms with E-state index in [4.69, 9.17) is 4.74 Å². The maximum Gasteiger partial charge on any atom is 0.265 e. The third-order valence-electron chi connectivity index (χ3n) is 5.07. The number of thiophene rings is 1. The van der Waals surface area contributed by atoms with Gasteiger partial charge in [-0.05, 0) is 68.0 Å². The molecule has 0 saturated heterocycles. The summed E-state index contributed by atoms with van der Waals surface area (Å²) in [6.45, 7) is 4.34. The molecule has 3 aromatic rings. The molecule has 0 unspecified atom stereocenters. The number of hydrogen-bond donors (Lipinski definition) is 1. The lowest BCUT2D eigenvalue weighted by molar-refractivity contribution is 0.0939. The van der Waals surface area contributed by atoms with E-state index in [1.54, 1.807) is 29.6 Å². The summed E-state index contributed by atoms with van der Waals surface area (Å²) >= 11 is 1.12. The molecule has 2 aromatic carbocycles. The number of amides is 1. The Morgan fingerprint density at radius 3 is 2.44 bits per heavy atom. The summed E-state index contributed by atoms with van der Waals surface area (Å²) in [5.41, 5.74) is 1.69. The smallest absolute Gasteiger partial charge is 0.265 e. The summed E-state index contributed by atoms with van der Waals surface area (Å²) in [7, 11) is -2.42. The van der Waals surface area contributed by atoms with Gasteiger partial charge in [0.25, 0.3) is 15.9 Å². The molecule has 3 rings (SSSR count). The molecule has 1 N–H and O–H groups in total. The molecule has 0 bridgehead atoms. The number of hydrogen-bond acceptors (Lipinski definition) is 5. The molecule has 0 aliphatic heterocycles. The molecular weight excluding hydrogens is 444 g/mol. The molecule has 1 atom stereocenters. The average molecular weight is 473 g/mol.